The molecule has 94 valence electrons. The Morgan fingerprint density at radius 1 is 1.65 bits per heavy atom. The van der Waals surface area contributed by atoms with Crippen molar-refractivity contribution in [2.45, 2.75) is 32.8 Å². The molecule has 0 aromatic carbocycles. The van der Waals surface area contributed by atoms with Gasteiger partial charge in [-0.3, -0.25) is 9.63 Å². The molecular weight excluding hydrogens is 240 g/mol. The number of carbonyl (C=O) groups excluding carboxylic acids is 1. The monoisotopic (exact) mass is 256 g/mol. The fourth-order valence-electron chi connectivity index (χ4n) is 1.23. The van der Waals surface area contributed by atoms with Gasteiger partial charge >= 0.3 is 0 Å². The van der Waals surface area contributed by atoms with Gasteiger partial charge in [0.15, 0.2) is 0 Å². The highest BCUT2D eigenvalue weighted by Crippen LogP contribution is 2.13. The molecule has 0 radical (unpaired) electrons. The molecule has 0 bridgehead atoms. The Kier molecular flexibility index (Phi) is 5.38. The van der Waals surface area contributed by atoms with Gasteiger partial charge in [0.05, 0.1) is 12.5 Å². The summed E-state index contributed by atoms with van der Waals surface area (Å²) in [6.45, 7) is 3.92. The van der Waals surface area contributed by atoms with Crippen molar-refractivity contribution in [2.75, 3.05) is 7.05 Å². The number of hydroxylamine groups is 2. The maximum atomic E-state index is 11.8. The number of carbonyl (C=O) groups is 1. The summed E-state index contributed by atoms with van der Waals surface area (Å²) >= 11 is 5.88. The van der Waals surface area contributed by atoms with Crippen LogP contribution in [0.4, 0.5) is 0 Å². The summed E-state index contributed by atoms with van der Waals surface area (Å²) in [7, 11) is 1.61. The van der Waals surface area contributed by atoms with Crippen molar-refractivity contribution in [3.05, 3.63) is 29.0 Å². The maximum absolute atomic E-state index is 11.8. The van der Waals surface area contributed by atoms with E-state index < -0.39 is 0 Å². The van der Waals surface area contributed by atoms with Gasteiger partial charge in [-0.05, 0) is 25.0 Å². The minimum atomic E-state index is -0.139. The smallest absolute Gasteiger partial charge is 0.250 e. The van der Waals surface area contributed by atoms with E-state index in [0.29, 0.717) is 10.7 Å². The summed E-state index contributed by atoms with van der Waals surface area (Å²) in [4.78, 5) is 21.1. The molecule has 0 saturated carbocycles. The minimum absolute atomic E-state index is 0.0216. The molecule has 17 heavy (non-hydrogen) atoms. The van der Waals surface area contributed by atoms with E-state index in [2.05, 4.69) is 4.98 Å². The van der Waals surface area contributed by atoms with Gasteiger partial charge in [0.2, 0.25) is 5.91 Å². The van der Waals surface area contributed by atoms with Crippen LogP contribution in [0.3, 0.4) is 0 Å². The Morgan fingerprint density at radius 3 is 2.94 bits per heavy atom. The van der Waals surface area contributed by atoms with Gasteiger partial charge in [-0.15, -0.1) is 0 Å². The number of likely N-dealkylation sites (N-methyl/N-ethyl adjacent to an activating group) is 1. The van der Waals surface area contributed by atoms with Crippen molar-refractivity contribution < 1.29 is 9.63 Å². The molecule has 0 fully saturated rings. The lowest BCUT2D eigenvalue weighted by Crippen LogP contribution is -2.31. The van der Waals surface area contributed by atoms with Crippen LogP contribution in [0.15, 0.2) is 18.3 Å². The lowest BCUT2D eigenvalue weighted by molar-refractivity contribution is -0.193. The van der Waals surface area contributed by atoms with E-state index in [1.807, 2.05) is 13.8 Å². The van der Waals surface area contributed by atoms with Gasteiger partial charge in [0, 0.05) is 13.2 Å². The van der Waals surface area contributed by atoms with Crippen LogP contribution in [-0.2, 0) is 16.1 Å². The third-order valence-electron chi connectivity index (χ3n) is 2.44. The molecule has 0 aliphatic carbocycles. The van der Waals surface area contributed by atoms with Gasteiger partial charge in [-0.25, -0.2) is 10.0 Å². The van der Waals surface area contributed by atoms with Crippen LogP contribution in [0.2, 0.25) is 5.15 Å². The second-order valence-electron chi connectivity index (χ2n) is 3.85. The minimum Gasteiger partial charge on any atom is -0.272 e. The van der Waals surface area contributed by atoms with E-state index >= 15 is 0 Å². The zero-order chi connectivity index (χ0) is 12.8. The molecule has 0 aliphatic heterocycles. The molecule has 5 heteroatoms. The quantitative estimate of drug-likeness (QED) is 0.600. The summed E-state index contributed by atoms with van der Waals surface area (Å²) in [5.74, 6) is -0.139. The van der Waals surface area contributed by atoms with E-state index in [4.69, 9.17) is 16.4 Å². The normalized spacial score (nSPS) is 12.2. The van der Waals surface area contributed by atoms with Crippen molar-refractivity contribution in [1.82, 2.24) is 10.0 Å². The van der Waals surface area contributed by atoms with Crippen LogP contribution < -0.4 is 0 Å². The van der Waals surface area contributed by atoms with Gasteiger partial charge in [-0.1, -0.05) is 24.6 Å². The lowest BCUT2D eigenvalue weighted by atomic mass is 10.2. The third-order valence-corrected chi connectivity index (χ3v) is 2.78. The van der Waals surface area contributed by atoms with Crippen molar-refractivity contribution in [3.63, 3.8) is 0 Å². The predicted molar refractivity (Wildman–Crippen MR) is 66.6 cm³/mol. The van der Waals surface area contributed by atoms with Crippen LogP contribution in [0.1, 0.15) is 25.8 Å². The van der Waals surface area contributed by atoms with Crippen molar-refractivity contribution in [1.29, 1.82) is 0 Å². The lowest BCUT2D eigenvalue weighted by Gasteiger charge is -2.20. The molecule has 1 unspecified atom stereocenters. The van der Waals surface area contributed by atoms with Crippen LogP contribution in [0.5, 0.6) is 0 Å². The number of nitrogens with zero attached hydrogens (tertiary/aromatic N) is 2. The third kappa shape index (κ3) is 4.32. The highest BCUT2D eigenvalue weighted by molar-refractivity contribution is 6.30. The molecule has 1 rings (SSSR count). The van der Waals surface area contributed by atoms with E-state index in [-0.39, 0.29) is 18.4 Å². The van der Waals surface area contributed by atoms with Gasteiger partial charge < -0.3 is 0 Å². The Hall–Kier alpha value is -1.13. The van der Waals surface area contributed by atoms with E-state index in [9.17, 15) is 4.79 Å². The van der Waals surface area contributed by atoms with Crippen molar-refractivity contribution in [3.8, 4) is 0 Å². The molecular formula is C12H17ClN2O2. The number of hydrogen-bond acceptors (Lipinski definition) is 3. The van der Waals surface area contributed by atoms with E-state index in [1.54, 1.807) is 25.4 Å². The first-order chi connectivity index (χ1) is 8.04. The average molecular weight is 257 g/mol. The fraction of sp³-hybridized carbons (Fsp3) is 0.500. The summed E-state index contributed by atoms with van der Waals surface area (Å²) in [6.07, 6.45) is 2.66. The number of aromatic nitrogens is 1. The fourth-order valence-corrected chi connectivity index (χ4v) is 1.41. The van der Waals surface area contributed by atoms with Gasteiger partial charge in [0.25, 0.3) is 0 Å². The first-order valence-corrected chi connectivity index (χ1v) is 5.95. The van der Waals surface area contributed by atoms with Crippen LogP contribution in [0, 0.1) is 0 Å². The molecule has 1 atom stereocenters. The zero-order valence-corrected chi connectivity index (χ0v) is 11.1. The molecule has 1 amide bonds. The summed E-state index contributed by atoms with van der Waals surface area (Å²) < 4.78 is 0. The first kappa shape index (κ1) is 13.9. The summed E-state index contributed by atoms with van der Waals surface area (Å²) in [6, 6.07) is 3.54. The number of amides is 1. The summed E-state index contributed by atoms with van der Waals surface area (Å²) in [5.41, 5.74) is 0.707. The van der Waals surface area contributed by atoms with Crippen molar-refractivity contribution in [2.24, 2.45) is 0 Å². The highest BCUT2D eigenvalue weighted by Gasteiger charge is 2.14. The van der Waals surface area contributed by atoms with Crippen LogP contribution >= 0.6 is 11.6 Å². The number of rotatable bonds is 5. The Morgan fingerprint density at radius 2 is 2.35 bits per heavy atom. The largest absolute Gasteiger partial charge is 0.272 e. The standard InChI is InChI=1S/C12H17ClN2O2/c1-4-9(2)17-15(3)11(16)8-10-6-5-7-14-12(10)13/h5-7,9H,4,8H2,1-3H3. The topological polar surface area (TPSA) is 42.4 Å². The molecule has 1 heterocycles. The molecule has 1 aromatic heterocycles. The summed E-state index contributed by atoms with van der Waals surface area (Å²) in [5, 5.41) is 1.62. The second-order valence-corrected chi connectivity index (χ2v) is 4.20. The molecule has 0 N–H and O–H groups in total. The van der Waals surface area contributed by atoms with Crippen molar-refractivity contribution >= 4 is 17.5 Å². The van der Waals surface area contributed by atoms with Crippen LogP contribution in [-0.4, -0.2) is 29.1 Å². The molecule has 0 spiro atoms. The predicted octanol–water partition coefficient (Wildman–Crippen LogP) is 2.47. The molecule has 4 nitrogen and oxygen atoms in total. The molecule has 1 aromatic rings. The first-order valence-electron chi connectivity index (χ1n) is 5.57. The van der Waals surface area contributed by atoms with E-state index in [1.165, 1.54) is 5.06 Å². The number of halogens is 1. The van der Waals surface area contributed by atoms with E-state index in [0.717, 1.165) is 6.42 Å². The molecule has 0 saturated heterocycles. The maximum Gasteiger partial charge on any atom is 0.250 e. The number of hydrogen-bond donors (Lipinski definition) is 0. The zero-order valence-electron chi connectivity index (χ0n) is 10.3. The average Bonchev–Trinajstić information content (AvgIpc) is 2.31. The Balaban J connectivity index is 2.57. The highest BCUT2D eigenvalue weighted by atomic mass is 35.5. The Bertz CT molecular complexity index is 385. The van der Waals surface area contributed by atoms with Gasteiger partial charge in [0.1, 0.15) is 5.15 Å². The van der Waals surface area contributed by atoms with Crippen LogP contribution in [0.25, 0.3) is 0 Å². The number of pyridine rings is 1. The molecule has 0 aliphatic rings. The SMILES string of the molecule is CCC(C)ON(C)C(=O)Cc1cccnc1Cl. The Labute approximate surface area is 106 Å². The second kappa shape index (κ2) is 6.57. The van der Waals surface area contributed by atoms with Gasteiger partial charge in [-0.2, -0.15) is 0 Å².